The van der Waals surface area contributed by atoms with E-state index in [2.05, 4.69) is 25.7 Å². The van der Waals surface area contributed by atoms with Gasteiger partial charge >= 0.3 is 12.5 Å². The van der Waals surface area contributed by atoms with Crippen LogP contribution < -0.4 is 4.74 Å². The molecule has 0 saturated heterocycles. The number of hydrogen-bond acceptors (Lipinski definition) is 2. The topological polar surface area (TPSA) is 22.1 Å². The number of alkyl halides is 9. The predicted molar refractivity (Wildman–Crippen MR) is 53.5 cm³/mol. The number of hydrogen-bond donors (Lipinski definition) is 0. The molecule has 0 aliphatic heterocycles. The van der Waals surface area contributed by atoms with E-state index < -0.39 is 46.9 Å². The summed E-state index contributed by atoms with van der Waals surface area (Å²) < 4.78 is 103. The molecule has 0 aliphatic rings. The van der Waals surface area contributed by atoms with E-state index >= 15 is 0 Å². The molecule has 114 valence electrons. The quantitative estimate of drug-likeness (QED) is 0.559. The van der Waals surface area contributed by atoms with Crippen molar-refractivity contribution in [1.82, 2.24) is 4.98 Å². The normalized spacial score (nSPS) is 12.9. The Bertz CT molecular complexity index is 484. The van der Waals surface area contributed by atoms with E-state index in [9.17, 15) is 35.1 Å². The van der Waals surface area contributed by atoms with Gasteiger partial charge in [-0.2, -0.15) is 13.2 Å². The maximum absolute atomic E-state index is 12.7. The summed E-state index contributed by atoms with van der Waals surface area (Å²) >= 11 is 2.60. The standard InChI is InChI=1S/C9H4BrF8NO/c10-1-3-6(8(13,14)15)5(7(11)12)4(2-19-3)20-9(16,17)18/h2,7H,1H2. The highest BCUT2D eigenvalue weighted by atomic mass is 79.9. The van der Waals surface area contributed by atoms with E-state index in [1.54, 1.807) is 0 Å². The van der Waals surface area contributed by atoms with E-state index in [-0.39, 0.29) is 6.20 Å². The molecule has 1 aromatic heterocycles. The molecule has 1 heterocycles. The van der Waals surface area contributed by atoms with Crippen molar-refractivity contribution in [2.75, 3.05) is 0 Å². The summed E-state index contributed by atoms with van der Waals surface area (Å²) in [6.45, 7) is 0. The van der Waals surface area contributed by atoms with Gasteiger partial charge in [-0.05, 0) is 0 Å². The first-order valence-electron chi connectivity index (χ1n) is 4.66. The van der Waals surface area contributed by atoms with Crippen LogP contribution in [0.25, 0.3) is 0 Å². The fourth-order valence-electron chi connectivity index (χ4n) is 1.39. The van der Waals surface area contributed by atoms with Crippen molar-refractivity contribution >= 4 is 15.9 Å². The van der Waals surface area contributed by atoms with Gasteiger partial charge in [0.15, 0.2) is 5.75 Å². The van der Waals surface area contributed by atoms with Crippen molar-refractivity contribution in [3.05, 3.63) is 23.0 Å². The Morgan fingerprint density at radius 1 is 1.15 bits per heavy atom. The smallest absolute Gasteiger partial charge is 0.404 e. The summed E-state index contributed by atoms with van der Waals surface area (Å²) in [7, 11) is 0. The van der Waals surface area contributed by atoms with Gasteiger partial charge in [-0.3, -0.25) is 4.98 Å². The summed E-state index contributed by atoms with van der Waals surface area (Å²) in [5.74, 6) is -1.68. The number of ether oxygens (including phenoxy) is 1. The zero-order valence-corrected chi connectivity index (χ0v) is 10.7. The lowest BCUT2D eigenvalue weighted by molar-refractivity contribution is -0.275. The molecule has 0 aromatic carbocycles. The molecule has 0 N–H and O–H groups in total. The van der Waals surface area contributed by atoms with Crippen LogP contribution in [0.4, 0.5) is 35.1 Å². The zero-order chi connectivity index (χ0) is 15.7. The number of pyridine rings is 1. The van der Waals surface area contributed by atoms with Gasteiger partial charge in [-0.25, -0.2) is 8.78 Å². The second-order valence-electron chi connectivity index (χ2n) is 3.34. The Balaban J connectivity index is 3.57. The van der Waals surface area contributed by atoms with E-state index in [0.717, 1.165) is 0 Å². The number of rotatable bonds is 3. The lowest BCUT2D eigenvalue weighted by Gasteiger charge is -2.19. The third-order valence-corrected chi connectivity index (χ3v) is 2.55. The third kappa shape index (κ3) is 3.93. The minimum absolute atomic E-state index is 0.181. The monoisotopic (exact) mass is 373 g/mol. The SMILES string of the molecule is FC(F)c1c(OC(F)(F)F)cnc(CBr)c1C(F)(F)F. The number of nitrogens with zero attached hydrogens (tertiary/aromatic N) is 1. The Kier molecular flexibility index (Phi) is 4.82. The van der Waals surface area contributed by atoms with Crippen molar-refractivity contribution in [2.24, 2.45) is 0 Å². The maximum Gasteiger partial charge on any atom is 0.573 e. The van der Waals surface area contributed by atoms with Crippen LogP contribution in [0, 0.1) is 0 Å². The number of aromatic nitrogens is 1. The van der Waals surface area contributed by atoms with Crippen LogP contribution in [-0.4, -0.2) is 11.3 Å². The van der Waals surface area contributed by atoms with Crippen LogP contribution in [0.15, 0.2) is 6.20 Å². The Morgan fingerprint density at radius 3 is 2.05 bits per heavy atom. The summed E-state index contributed by atoms with van der Waals surface area (Å²) in [6, 6.07) is 0. The summed E-state index contributed by atoms with van der Waals surface area (Å²) in [6.07, 6.45) is -14.3. The first-order valence-corrected chi connectivity index (χ1v) is 5.78. The van der Waals surface area contributed by atoms with Gasteiger partial charge in [-0.15, -0.1) is 13.2 Å². The molecule has 0 unspecified atom stereocenters. The molecule has 0 aliphatic carbocycles. The van der Waals surface area contributed by atoms with Gasteiger partial charge in [0.25, 0.3) is 6.43 Å². The minimum Gasteiger partial charge on any atom is -0.404 e. The summed E-state index contributed by atoms with van der Waals surface area (Å²) in [4.78, 5) is 3.07. The van der Waals surface area contributed by atoms with Crippen molar-refractivity contribution in [1.29, 1.82) is 0 Å². The van der Waals surface area contributed by atoms with Crippen LogP contribution in [0.1, 0.15) is 23.2 Å². The molecule has 0 spiro atoms. The highest BCUT2D eigenvalue weighted by molar-refractivity contribution is 9.08. The molecule has 11 heteroatoms. The van der Waals surface area contributed by atoms with Gasteiger partial charge in [0.1, 0.15) is 0 Å². The molecule has 2 nitrogen and oxygen atoms in total. The average Bonchev–Trinajstić information content (AvgIpc) is 2.24. The van der Waals surface area contributed by atoms with Crippen LogP contribution in [0.5, 0.6) is 5.75 Å². The molecule has 0 fully saturated rings. The molecule has 20 heavy (non-hydrogen) atoms. The van der Waals surface area contributed by atoms with Gasteiger partial charge in [0.2, 0.25) is 0 Å². The van der Waals surface area contributed by atoms with Crippen LogP contribution >= 0.6 is 15.9 Å². The molecule has 0 bridgehead atoms. The fourth-order valence-corrected chi connectivity index (χ4v) is 1.81. The second kappa shape index (κ2) is 5.70. The fraction of sp³-hybridized carbons (Fsp3) is 0.444. The molecule has 1 rings (SSSR count). The lowest BCUT2D eigenvalue weighted by atomic mass is 10.1. The van der Waals surface area contributed by atoms with Crippen LogP contribution in [0.2, 0.25) is 0 Å². The number of halogens is 9. The lowest BCUT2D eigenvalue weighted by Crippen LogP contribution is -2.21. The zero-order valence-electron chi connectivity index (χ0n) is 9.12. The molecule has 0 amide bonds. The van der Waals surface area contributed by atoms with Crippen LogP contribution in [0.3, 0.4) is 0 Å². The predicted octanol–water partition coefficient (Wildman–Crippen LogP) is 4.83. The van der Waals surface area contributed by atoms with E-state index in [0.29, 0.717) is 0 Å². The molecule has 1 aromatic rings. The van der Waals surface area contributed by atoms with Gasteiger partial charge in [0.05, 0.1) is 23.0 Å². The summed E-state index contributed by atoms with van der Waals surface area (Å²) in [5.41, 5.74) is -4.69. The van der Waals surface area contributed by atoms with Crippen molar-refractivity contribution in [2.45, 2.75) is 24.3 Å². The summed E-state index contributed by atoms with van der Waals surface area (Å²) in [5, 5.41) is -0.562. The minimum atomic E-state index is -5.41. The van der Waals surface area contributed by atoms with E-state index in [1.807, 2.05) is 0 Å². The highest BCUT2D eigenvalue weighted by Crippen LogP contribution is 2.43. The van der Waals surface area contributed by atoms with E-state index in [4.69, 9.17) is 0 Å². The Labute approximate surface area is 114 Å². The van der Waals surface area contributed by atoms with Gasteiger partial charge in [-0.1, -0.05) is 15.9 Å². The maximum atomic E-state index is 12.7. The van der Waals surface area contributed by atoms with Gasteiger partial charge < -0.3 is 4.74 Å². The van der Waals surface area contributed by atoms with Crippen LogP contribution in [-0.2, 0) is 11.5 Å². The molecule has 0 saturated carbocycles. The van der Waals surface area contributed by atoms with Gasteiger partial charge in [0, 0.05) is 5.33 Å². The molecule has 0 radical (unpaired) electrons. The first-order chi connectivity index (χ1) is 8.97. The highest BCUT2D eigenvalue weighted by Gasteiger charge is 2.43. The molecular weight excluding hydrogens is 370 g/mol. The molecule has 0 atom stereocenters. The largest absolute Gasteiger partial charge is 0.573 e. The van der Waals surface area contributed by atoms with Crippen molar-refractivity contribution in [3.8, 4) is 5.75 Å². The molecular formula is C9H4BrF8NO. The first kappa shape index (κ1) is 16.9. The average molecular weight is 374 g/mol. The van der Waals surface area contributed by atoms with E-state index in [1.165, 1.54) is 0 Å². The second-order valence-corrected chi connectivity index (χ2v) is 3.90. The third-order valence-electron chi connectivity index (χ3n) is 2.01. The Morgan fingerprint density at radius 2 is 1.70 bits per heavy atom. The Hall–Kier alpha value is -1.13. The van der Waals surface area contributed by atoms with Crippen molar-refractivity contribution < 1.29 is 39.9 Å². The van der Waals surface area contributed by atoms with Crippen molar-refractivity contribution in [3.63, 3.8) is 0 Å².